The van der Waals surface area contributed by atoms with Gasteiger partial charge in [-0.2, -0.15) is 0 Å². The normalized spacial score (nSPS) is 17.1. The van der Waals surface area contributed by atoms with Crippen LogP contribution in [0.2, 0.25) is 0 Å². The summed E-state index contributed by atoms with van der Waals surface area (Å²) in [4.78, 5) is 26.0. The molecule has 0 N–H and O–H groups in total. The first kappa shape index (κ1) is 23.6. The quantitative estimate of drug-likeness (QED) is 0.534. The van der Waals surface area contributed by atoms with E-state index in [9.17, 15) is 18.0 Å². The molecule has 0 radical (unpaired) electrons. The second kappa shape index (κ2) is 9.60. The lowest BCUT2D eigenvalue weighted by atomic mass is 10.2. The van der Waals surface area contributed by atoms with Crippen LogP contribution in [0.5, 0.6) is 11.5 Å². The van der Waals surface area contributed by atoms with Crippen molar-refractivity contribution < 1.29 is 36.7 Å². The first-order valence-electron chi connectivity index (χ1n) is 9.97. The van der Waals surface area contributed by atoms with Crippen molar-refractivity contribution in [2.75, 3.05) is 32.3 Å². The fourth-order valence-corrected chi connectivity index (χ4v) is 5.14. The van der Waals surface area contributed by atoms with Crippen molar-refractivity contribution in [2.24, 2.45) is 0 Å². The Kier molecular flexibility index (Phi) is 7.07. The van der Waals surface area contributed by atoms with Gasteiger partial charge in [-0.1, -0.05) is 5.16 Å². The summed E-state index contributed by atoms with van der Waals surface area (Å²) >= 11 is 0. The van der Waals surface area contributed by atoms with Crippen molar-refractivity contribution >= 4 is 21.7 Å². The summed E-state index contributed by atoms with van der Waals surface area (Å²) in [6.45, 7) is 3.34. The summed E-state index contributed by atoms with van der Waals surface area (Å²) in [5.74, 6) is 0.211. The van der Waals surface area contributed by atoms with Crippen LogP contribution >= 0.6 is 0 Å². The molecule has 0 spiro atoms. The minimum absolute atomic E-state index is 0.0551. The Bertz CT molecular complexity index is 1090. The first-order valence-corrected chi connectivity index (χ1v) is 11.8. The zero-order chi connectivity index (χ0) is 23.5. The second-order valence-electron chi connectivity index (χ2n) is 7.59. The summed E-state index contributed by atoms with van der Waals surface area (Å²) < 4.78 is 44.5. The third-order valence-corrected chi connectivity index (χ3v) is 7.18. The van der Waals surface area contributed by atoms with E-state index in [2.05, 4.69) is 5.16 Å². The van der Waals surface area contributed by atoms with Crippen molar-refractivity contribution in [3.63, 3.8) is 0 Å². The molecule has 1 saturated heterocycles. The van der Waals surface area contributed by atoms with Gasteiger partial charge >= 0.3 is 5.97 Å². The van der Waals surface area contributed by atoms with Gasteiger partial charge in [0.25, 0.3) is 5.91 Å². The highest BCUT2D eigenvalue weighted by molar-refractivity contribution is 7.91. The van der Waals surface area contributed by atoms with Crippen LogP contribution in [-0.4, -0.2) is 68.7 Å². The minimum Gasteiger partial charge on any atom is -0.493 e. The van der Waals surface area contributed by atoms with Crippen LogP contribution in [0, 0.1) is 13.8 Å². The Morgan fingerprint density at radius 3 is 2.59 bits per heavy atom. The molecule has 1 fully saturated rings. The minimum atomic E-state index is -3.12. The van der Waals surface area contributed by atoms with Crippen molar-refractivity contribution in [1.82, 2.24) is 10.1 Å². The molecule has 1 aliphatic heterocycles. The van der Waals surface area contributed by atoms with Crippen LogP contribution in [0.15, 0.2) is 22.7 Å². The summed E-state index contributed by atoms with van der Waals surface area (Å²) in [5.41, 5.74) is 1.74. The van der Waals surface area contributed by atoms with Crippen LogP contribution in [0.4, 0.5) is 0 Å². The molecule has 1 atom stereocenters. The average Bonchev–Trinajstić information content (AvgIpc) is 3.30. The molecule has 1 aliphatic rings. The second-order valence-corrected chi connectivity index (χ2v) is 9.82. The largest absolute Gasteiger partial charge is 0.493 e. The average molecular weight is 467 g/mol. The number of carbonyl (C=O) groups excluding carboxylic acids is 2. The fourth-order valence-electron chi connectivity index (χ4n) is 3.37. The molecule has 0 saturated carbocycles. The Balaban J connectivity index is 1.59. The van der Waals surface area contributed by atoms with Gasteiger partial charge in [-0.25, -0.2) is 13.2 Å². The third-order valence-electron chi connectivity index (χ3n) is 5.43. The molecule has 0 unspecified atom stereocenters. The van der Waals surface area contributed by atoms with E-state index in [1.807, 2.05) is 6.92 Å². The van der Waals surface area contributed by atoms with E-state index < -0.39 is 34.4 Å². The maximum absolute atomic E-state index is 12.4. The number of esters is 1. The SMILES string of the molecule is COc1cc(C(=O)OCC(=O)N(C)[C@H]2CCS(=O)(=O)C2)ccc1OCc1c(C)noc1C. The molecule has 2 heterocycles. The van der Waals surface area contributed by atoms with Crippen molar-refractivity contribution in [3.05, 3.63) is 40.8 Å². The lowest BCUT2D eigenvalue weighted by Gasteiger charge is -2.23. The number of methoxy groups -OCH3 is 1. The van der Waals surface area contributed by atoms with Crippen LogP contribution in [-0.2, 0) is 26.0 Å². The number of hydrogen-bond donors (Lipinski definition) is 0. The number of likely N-dealkylation sites (N-methyl/N-ethyl adjacent to an activating group) is 1. The van der Waals surface area contributed by atoms with Gasteiger partial charge in [0, 0.05) is 13.1 Å². The molecule has 32 heavy (non-hydrogen) atoms. The molecular formula is C21H26N2O8S. The van der Waals surface area contributed by atoms with Gasteiger partial charge in [-0.15, -0.1) is 0 Å². The van der Waals surface area contributed by atoms with E-state index in [1.54, 1.807) is 13.0 Å². The lowest BCUT2D eigenvalue weighted by molar-refractivity contribution is -0.134. The number of ether oxygens (including phenoxy) is 3. The topological polar surface area (TPSA) is 125 Å². The van der Waals surface area contributed by atoms with E-state index in [4.69, 9.17) is 18.7 Å². The molecule has 1 amide bonds. The van der Waals surface area contributed by atoms with Gasteiger partial charge in [0.15, 0.2) is 27.9 Å². The summed E-state index contributed by atoms with van der Waals surface area (Å²) in [5, 5.41) is 3.88. The Hall–Kier alpha value is -3.08. The summed E-state index contributed by atoms with van der Waals surface area (Å²) in [6.07, 6.45) is 0.380. The number of amides is 1. The lowest BCUT2D eigenvalue weighted by Crippen LogP contribution is -2.40. The Labute approximate surface area is 186 Å². The number of carbonyl (C=O) groups is 2. The number of benzene rings is 1. The van der Waals surface area contributed by atoms with Gasteiger partial charge in [0.05, 0.1) is 35.4 Å². The van der Waals surface area contributed by atoms with E-state index in [-0.39, 0.29) is 23.7 Å². The first-order chi connectivity index (χ1) is 15.1. The molecule has 2 aromatic rings. The molecular weight excluding hydrogens is 440 g/mol. The van der Waals surface area contributed by atoms with Crippen LogP contribution < -0.4 is 9.47 Å². The number of rotatable bonds is 8. The number of aromatic nitrogens is 1. The number of hydrogen-bond acceptors (Lipinski definition) is 9. The highest BCUT2D eigenvalue weighted by Crippen LogP contribution is 2.30. The monoisotopic (exact) mass is 466 g/mol. The van der Waals surface area contributed by atoms with Crippen LogP contribution in [0.25, 0.3) is 0 Å². The van der Waals surface area contributed by atoms with Gasteiger partial charge in [-0.3, -0.25) is 4.79 Å². The van der Waals surface area contributed by atoms with Crippen LogP contribution in [0.3, 0.4) is 0 Å². The standard InChI is InChI=1S/C21H26N2O8S/c1-13-17(14(2)31-22-13)10-29-18-6-5-15(9-19(18)28-4)21(25)30-11-20(24)23(3)16-7-8-32(26,27)12-16/h5-6,9,16H,7-8,10-12H2,1-4H3/t16-/m0/s1. The summed E-state index contributed by atoms with van der Waals surface area (Å²) in [7, 11) is -0.165. The van der Waals surface area contributed by atoms with E-state index >= 15 is 0 Å². The summed E-state index contributed by atoms with van der Waals surface area (Å²) in [6, 6.07) is 4.14. The Morgan fingerprint density at radius 1 is 1.25 bits per heavy atom. The van der Waals surface area contributed by atoms with Crippen molar-refractivity contribution in [3.8, 4) is 11.5 Å². The molecule has 11 heteroatoms. The molecule has 0 bridgehead atoms. The van der Waals surface area contributed by atoms with Gasteiger partial charge in [-0.05, 0) is 38.5 Å². The fraction of sp³-hybridized carbons (Fsp3) is 0.476. The molecule has 10 nitrogen and oxygen atoms in total. The molecule has 1 aromatic carbocycles. The maximum atomic E-state index is 12.4. The highest BCUT2D eigenvalue weighted by Gasteiger charge is 2.33. The molecule has 174 valence electrons. The number of aryl methyl sites for hydroxylation is 2. The Morgan fingerprint density at radius 2 is 2.00 bits per heavy atom. The van der Waals surface area contributed by atoms with Crippen molar-refractivity contribution in [1.29, 1.82) is 0 Å². The maximum Gasteiger partial charge on any atom is 0.338 e. The predicted molar refractivity (Wildman–Crippen MR) is 113 cm³/mol. The predicted octanol–water partition coefficient (Wildman–Crippen LogP) is 1.68. The smallest absolute Gasteiger partial charge is 0.338 e. The number of nitrogens with zero attached hydrogens (tertiary/aromatic N) is 2. The molecule has 0 aliphatic carbocycles. The van der Waals surface area contributed by atoms with E-state index in [1.165, 1.54) is 31.2 Å². The third kappa shape index (κ3) is 5.39. The number of sulfone groups is 1. The van der Waals surface area contributed by atoms with Crippen molar-refractivity contribution in [2.45, 2.75) is 32.9 Å². The van der Waals surface area contributed by atoms with Gasteiger partial charge in [0.1, 0.15) is 12.4 Å². The molecule has 1 aromatic heterocycles. The zero-order valence-electron chi connectivity index (χ0n) is 18.4. The van der Waals surface area contributed by atoms with E-state index in [0.29, 0.717) is 23.7 Å². The highest BCUT2D eigenvalue weighted by atomic mass is 32.2. The van der Waals surface area contributed by atoms with Gasteiger partial charge in [0.2, 0.25) is 0 Å². The van der Waals surface area contributed by atoms with E-state index in [0.717, 1.165) is 11.3 Å². The van der Waals surface area contributed by atoms with Gasteiger partial charge < -0.3 is 23.6 Å². The van der Waals surface area contributed by atoms with Crippen LogP contribution in [0.1, 0.15) is 33.8 Å². The molecule has 3 rings (SSSR count). The zero-order valence-corrected chi connectivity index (χ0v) is 19.2.